The van der Waals surface area contributed by atoms with Crippen LogP contribution in [0.3, 0.4) is 0 Å². The molecule has 2 atom stereocenters. The van der Waals surface area contributed by atoms with Crippen LogP contribution in [0, 0.1) is 5.41 Å². The number of hydrogen-bond acceptors (Lipinski definition) is 4. The van der Waals surface area contributed by atoms with Gasteiger partial charge in [-0.1, -0.05) is 60.7 Å². The Bertz CT molecular complexity index is 1370. The first kappa shape index (κ1) is 23.0. The van der Waals surface area contributed by atoms with Gasteiger partial charge in [0.25, 0.3) is 5.91 Å². The van der Waals surface area contributed by atoms with Crippen LogP contribution >= 0.6 is 11.3 Å². The molecule has 0 bridgehead atoms. The van der Waals surface area contributed by atoms with Crippen molar-refractivity contribution >= 4 is 28.3 Å². The van der Waals surface area contributed by atoms with E-state index in [4.69, 9.17) is 0 Å². The van der Waals surface area contributed by atoms with Crippen LogP contribution < -0.4 is 5.32 Å². The quantitative estimate of drug-likeness (QED) is 0.389. The van der Waals surface area contributed by atoms with E-state index in [9.17, 15) is 9.59 Å². The molecule has 0 aliphatic heterocycles. The molecule has 1 heterocycles. The zero-order valence-corrected chi connectivity index (χ0v) is 20.8. The molecular formula is C29H27N3O2S. The van der Waals surface area contributed by atoms with E-state index in [2.05, 4.69) is 47.6 Å². The van der Waals surface area contributed by atoms with Gasteiger partial charge in [0.05, 0.1) is 5.41 Å². The second-order valence-corrected chi connectivity index (χ2v) is 10.3. The highest BCUT2D eigenvalue weighted by molar-refractivity contribution is 7.13. The van der Waals surface area contributed by atoms with E-state index in [1.165, 1.54) is 22.5 Å². The largest absolute Gasteiger partial charge is 0.345 e. The first-order valence-electron chi connectivity index (χ1n) is 11.6. The van der Waals surface area contributed by atoms with Crippen molar-refractivity contribution in [3.05, 3.63) is 107 Å². The predicted octanol–water partition coefficient (Wildman–Crippen LogP) is 5.84. The molecular weight excluding hydrogens is 454 g/mol. The molecule has 1 aliphatic rings. The fourth-order valence-corrected chi connectivity index (χ4v) is 5.58. The van der Waals surface area contributed by atoms with Gasteiger partial charge >= 0.3 is 0 Å². The summed E-state index contributed by atoms with van der Waals surface area (Å²) >= 11 is 1.42. The van der Waals surface area contributed by atoms with Gasteiger partial charge < -0.3 is 10.2 Å². The predicted molar refractivity (Wildman–Crippen MR) is 141 cm³/mol. The zero-order chi connectivity index (χ0) is 24.6. The number of hydrogen-bond donors (Lipinski definition) is 1. The van der Waals surface area contributed by atoms with Crippen molar-refractivity contribution in [2.24, 2.45) is 5.41 Å². The van der Waals surface area contributed by atoms with Gasteiger partial charge in [-0.25, -0.2) is 4.98 Å². The SMILES string of the molecule is CN(C)C(=O)c1ccc(-c2ccc3c(c2)C[C@](C)(C(=O)Nc2nccs2)[C@@H]3c2ccccc2)cc1. The summed E-state index contributed by atoms with van der Waals surface area (Å²) in [4.78, 5) is 31.7. The lowest BCUT2D eigenvalue weighted by molar-refractivity contribution is -0.125. The molecule has 1 aliphatic carbocycles. The highest BCUT2D eigenvalue weighted by Gasteiger charge is 2.48. The summed E-state index contributed by atoms with van der Waals surface area (Å²) in [5.41, 5.74) is 5.59. The van der Waals surface area contributed by atoms with E-state index < -0.39 is 5.41 Å². The molecule has 0 saturated carbocycles. The Balaban J connectivity index is 1.51. The fraction of sp³-hybridized carbons (Fsp3) is 0.207. The minimum atomic E-state index is -0.657. The number of aromatic nitrogens is 1. The van der Waals surface area contributed by atoms with Crippen LogP contribution in [0.25, 0.3) is 11.1 Å². The van der Waals surface area contributed by atoms with Crippen molar-refractivity contribution in [2.75, 3.05) is 19.4 Å². The Morgan fingerprint density at radius 2 is 1.71 bits per heavy atom. The van der Waals surface area contributed by atoms with Gasteiger partial charge in [0.1, 0.15) is 0 Å². The molecule has 6 heteroatoms. The Morgan fingerprint density at radius 3 is 2.37 bits per heavy atom. The lowest BCUT2D eigenvalue weighted by Gasteiger charge is -2.30. The third-order valence-electron chi connectivity index (χ3n) is 6.82. The zero-order valence-electron chi connectivity index (χ0n) is 20.0. The van der Waals surface area contributed by atoms with Crippen molar-refractivity contribution in [3.63, 3.8) is 0 Å². The molecule has 0 saturated heterocycles. The summed E-state index contributed by atoms with van der Waals surface area (Å²) in [6.07, 6.45) is 2.33. The standard InChI is InChI=1S/C29H27N3O2S/c1-29(27(34)31-28-30-15-16-35-28)18-23-17-22(19-9-11-21(12-10-19)26(33)32(2)3)13-14-24(23)25(29)20-7-5-4-6-8-20/h4-17,25H,18H2,1-3H3,(H,30,31,34)/t25-,29+/m1/s1. The lowest BCUT2D eigenvalue weighted by Crippen LogP contribution is -2.37. The fourth-order valence-electron chi connectivity index (χ4n) is 5.05. The topological polar surface area (TPSA) is 62.3 Å². The summed E-state index contributed by atoms with van der Waals surface area (Å²) in [5.74, 6) is -0.100. The Kier molecular flexibility index (Phi) is 5.99. The minimum absolute atomic E-state index is 0.0155. The van der Waals surface area contributed by atoms with Gasteiger partial charge in [0, 0.05) is 37.2 Å². The van der Waals surface area contributed by atoms with Gasteiger partial charge in [-0.3, -0.25) is 9.59 Å². The highest BCUT2D eigenvalue weighted by atomic mass is 32.1. The molecule has 2 amide bonds. The Labute approximate surface area is 209 Å². The van der Waals surface area contributed by atoms with Crippen LogP contribution in [0.5, 0.6) is 0 Å². The van der Waals surface area contributed by atoms with E-state index in [0.717, 1.165) is 16.7 Å². The van der Waals surface area contributed by atoms with Crippen LogP contribution in [0.15, 0.2) is 84.4 Å². The summed E-state index contributed by atoms with van der Waals surface area (Å²) < 4.78 is 0. The van der Waals surface area contributed by atoms with Crippen LogP contribution in [0.4, 0.5) is 5.13 Å². The van der Waals surface area contributed by atoms with E-state index in [0.29, 0.717) is 17.1 Å². The van der Waals surface area contributed by atoms with Crippen molar-refractivity contribution < 1.29 is 9.59 Å². The second-order valence-electron chi connectivity index (χ2n) is 9.42. The molecule has 4 aromatic rings. The maximum absolute atomic E-state index is 13.6. The third kappa shape index (κ3) is 4.26. The Hall–Kier alpha value is -3.77. The van der Waals surface area contributed by atoms with Crippen LogP contribution in [0.2, 0.25) is 0 Å². The van der Waals surface area contributed by atoms with Crippen LogP contribution in [-0.2, 0) is 11.2 Å². The van der Waals surface area contributed by atoms with Crippen LogP contribution in [0.1, 0.15) is 39.9 Å². The summed E-state index contributed by atoms with van der Waals surface area (Å²) in [7, 11) is 3.50. The molecule has 35 heavy (non-hydrogen) atoms. The second kappa shape index (κ2) is 9.12. The summed E-state index contributed by atoms with van der Waals surface area (Å²) in [5, 5.41) is 5.52. The minimum Gasteiger partial charge on any atom is -0.345 e. The molecule has 0 unspecified atom stereocenters. The molecule has 5 nitrogen and oxygen atoms in total. The van der Waals surface area contributed by atoms with Gasteiger partial charge in [-0.2, -0.15) is 0 Å². The number of benzene rings is 3. The van der Waals surface area contributed by atoms with E-state index in [-0.39, 0.29) is 17.7 Å². The van der Waals surface area contributed by atoms with Crippen molar-refractivity contribution in [1.82, 2.24) is 9.88 Å². The monoisotopic (exact) mass is 481 g/mol. The average molecular weight is 482 g/mol. The first-order chi connectivity index (χ1) is 16.9. The average Bonchev–Trinajstić information content (AvgIpc) is 3.49. The van der Waals surface area contributed by atoms with Gasteiger partial charge in [0.15, 0.2) is 5.13 Å². The Morgan fingerprint density at radius 1 is 1.00 bits per heavy atom. The van der Waals surface area contributed by atoms with Gasteiger partial charge in [-0.15, -0.1) is 11.3 Å². The molecule has 0 spiro atoms. The van der Waals surface area contributed by atoms with Crippen molar-refractivity contribution in [3.8, 4) is 11.1 Å². The van der Waals surface area contributed by atoms with Crippen molar-refractivity contribution in [2.45, 2.75) is 19.3 Å². The number of nitrogens with zero attached hydrogens (tertiary/aromatic N) is 2. The molecule has 1 N–H and O–H groups in total. The number of carbonyl (C=O) groups excluding carboxylic acids is 2. The number of anilines is 1. The third-order valence-corrected chi connectivity index (χ3v) is 7.51. The molecule has 0 fully saturated rings. The van der Waals surface area contributed by atoms with Crippen molar-refractivity contribution in [1.29, 1.82) is 0 Å². The van der Waals surface area contributed by atoms with Gasteiger partial charge in [-0.05, 0) is 53.3 Å². The molecule has 5 rings (SSSR count). The van der Waals surface area contributed by atoms with Crippen LogP contribution in [-0.4, -0.2) is 35.8 Å². The molecule has 1 aromatic heterocycles. The lowest BCUT2D eigenvalue weighted by atomic mass is 9.73. The van der Waals surface area contributed by atoms with Gasteiger partial charge in [0.2, 0.25) is 5.91 Å². The number of carbonyl (C=O) groups is 2. The summed E-state index contributed by atoms with van der Waals surface area (Å²) in [6.45, 7) is 2.05. The van der Waals surface area contributed by atoms with E-state index in [1.807, 2.05) is 47.8 Å². The smallest absolute Gasteiger partial charge is 0.253 e. The first-order valence-corrected chi connectivity index (χ1v) is 12.5. The molecule has 0 radical (unpaired) electrons. The molecule has 3 aromatic carbocycles. The van der Waals surface area contributed by atoms with E-state index in [1.54, 1.807) is 25.2 Å². The summed E-state index contributed by atoms with van der Waals surface area (Å²) in [6, 6.07) is 24.4. The normalized spacial score (nSPS) is 18.7. The number of rotatable bonds is 5. The maximum atomic E-state index is 13.6. The molecule has 176 valence electrons. The number of thiazole rings is 1. The number of nitrogens with one attached hydrogen (secondary N) is 1. The number of fused-ring (bicyclic) bond motifs is 1. The number of amides is 2. The maximum Gasteiger partial charge on any atom is 0.253 e. The van der Waals surface area contributed by atoms with E-state index >= 15 is 0 Å². The highest BCUT2D eigenvalue weighted by Crippen LogP contribution is 2.52.